The Hall–Kier alpha value is -2.76. The molecule has 6 nitrogen and oxygen atoms in total. The van der Waals surface area contributed by atoms with E-state index in [0.717, 1.165) is 6.07 Å². The van der Waals surface area contributed by atoms with Crippen molar-refractivity contribution in [2.75, 3.05) is 11.1 Å². The number of alkyl halides is 3. The van der Waals surface area contributed by atoms with Crippen molar-refractivity contribution in [1.29, 1.82) is 0 Å². The molecule has 0 aliphatic rings. The first-order valence-corrected chi connectivity index (χ1v) is 12.2. The summed E-state index contributed by atoms with van der Waals surface area (Å²) in [6, 6.07) is 14.7. The molecule has 2 heterocycles. The van der Waals surface area contributed by atoms with E-state index in [0.29, 0.717) is 37.7 Å². The van der Waals surface area contributed by atoms with Gasteiger partial charge in [0.05, 0.1) is 27.7 Å². The Morgan fingerprint density at radius 1 is 1.09 bits per heavy atom. The van der Waals surface area contributed by atoms with Crippen LogP contribution >= 0.6 is 35.1 Å². The maximum atomic E-state index is 13.3. The number of aromatic nitrogens is 4. The second kappa shape index (κ2) is 10.2. The number of nitrogens with zero attached hydrogens (tertiary/aromatic N) is 4. The second-order valence-electron chi connectivity index (χ2n) is 7.08. The molecule has 1 N–H and O–H groups in total. The smallest absolute Gasteiger partial charge is 0.324 e. The third-order valence-electron chi connectivity index (χ3n) is 4.73. The molecule has 0 saturated heterocycles. The van der Waals surface area contributed by atoms with Crippen molar-refractivity contribution in [2.45, 2.75) is 22.0 Å². The summed E-state index contributed by atoms with van der Waals surface area (Å²) in [7, 11) is 1.75. The van der Waals surface area contributed by atoms with Crippen LogP contribution in [0.25, 0.3) is 10.9 Å². The Kier molecular flexibility index (Phi) is 7.34. The molecule has 0 fully saturated rings. The summed E-state index contributed by atoms with van der Waals surface area (Å²) in [6.45, 7) is 0. The van der Waals surface area contributed by atoms with Gasteiger partial charge in [0.15, 0.2) is 5.16 Å². The SMILES string of the molecule is Cn1c(CSc2cc(C(F)(F)F)nc3ccccc23)nnc1SCC(=O)Nc1ccccc1Cl. The van der Waals surface area contributed by atoms with E-state index in [1.807, 2.05) is 0 Å². The van der Waals surface area contributed by atoms with Gasteiger partial charge < -0.3 is 9.88 Å². The molecular weight excluding hydrogens is 507 g/mol. The number of halogens is 4. The van der Waals surface area contributed by atoms with Crippen LogP contribution < -0.4 is 5.32 Å². The van der Waals surface area contributed by atoms with Crippen LogP contribution in [0.3, 0.4) is 0 Å². The molecule has 176 valence electrons. The molecule has 34 heavy (non-hydrogen) atoms. The number of carbonyl (C=O) groups excluding carboxylic acids is 1. The number of anilines is 1. The van der Waals surface area contributed by atoms with Gasteiger partial charge in [0.25, 0.3) is 0 Å². The molecule has 0 aliphatic heterocycles. The van der Waals surface area contributed by atoms with Gasteiger partial charge in [0, 0.05) is 17.3 Å². The van der Waals surface area contributed by atoms with Crippen LogP contribution in [0.4, 0.5) is 18.9 Å². The van der Waals surface area contributed by atoms with E-state index in [1.54, 1.807) is 60.1 Å². The molecule has 0 atom stereocenters. The fraction of sp³-hybridized carbons (Fsp3) is 0.182. The average Bonchev–Trinajstić information content (AvgIpc) is 3.16. The van der Waals surface area contributed by atoms with Gasteiger partial charge in [-0.3, -0.25) is 4.79 Å². The minimum absolute atomic E-state index is 0.0915. The molecule has 0 saturated carbocycles. The fourth-order valence-corrected chi connectivity index (χ4v) is 5.00. The minimum atomic E-state index is -4.54. The van der Waals surface area contributed by atoms with Crippen LogP contribution in [0.15, 0.2) is 64.6 Å². The van der Waals surface area contributed by atoms with Gasteiger partial charge in [-0.1, -0.05) is 53.7 Å². The molecule has 0 bridgehead atoms. The highest BCUT2D eigenvalue weighted by Gasteiger charge is 2.33. The first kappa shape index (κ1) is 24.4. The zero-order chi connectivity index (χ0) is 24.3. The number of para-hydroxylation sites is 2. The second-order valence-corrected chi connectivity index (χ2v) is 9.45. The zero-order valence-electron chi connectivity index (χ0n) is 17.6. The normalized spacial score (nSPS) is 11.7. The predicted molar refractivity (Wildman–Crippen MR) is 128 cm³/mol. The molecule has 0 radical (unpaired) electrons. The van der Waals surface area contributed by atoms with Gasteiger partial charge in [0.1, 0.15) is 11.5 Å². The Labute approximate surface area is 206 Å². The van der Waals surface area contributed by atoms with Gasteiger partial charge in [-0.15, -0.1) is 22.0 Å². The Morgan fingerprint density at radius 3 is 2.59 bits per heavy atom. The van der Waals surface area contributed by atoms with Crippen LogP contribution in [-0.4, -0.2) is 31.4 Å². The molecule has 12 heteroatoms. The number of pyridine rings is 1. The lowest BCUT2D eigenvalue weighted by molar-refractivity contribution is -0.141. The topological polar surface area (TPSA) is 72.7 Å². The Morgan fingerprint density at radius 2 is 1.82 bits per heavy atom. The summed E-state index contributed by atoms with van der Waals surface area (Å²) in [5.41, 5.74) is -0.140. The monoisotopic (exact) mass is 523 g/mol. The molecule has 4 rings (SSSR count). The van der Waals surface area contributed by atoms with Crippen molar-refractivity contribution in [3.63, 3.8) is 0 Å². The van der Waals surface area contributed by atoms with E-state index >= 15 is 0 Å². The van der Waals surface area contributed by atoms with Gasteiger partial charge in [-0.2, -0.15) is 13.2 Å². The Balaban J connectivity index is 1.43. The number of thioether (sulfide) groups is 2. The van der Waals surface area contributed by atoms with Crippen LogP contribution in [0, 0.1) is 0 Å². The summed E-state index contributed by atoms with van der Waals surface area (Å²) in [4.78, 5) is 16.4. The van der Waals surface area contributed by atoms with E-state index in [1.165, 1.54) is 23.5 Å². The fourth-order valence-electron chi connectivity index (χ4n) is 3.03. The molecule has 0 aliphatic carbocycles. The van der Waals surface area contributed by atoms with Crippen molar-refractivity contribution in [3.8, 4) is 0 Å². The van der Waals surface area contributed by atoms with Crippen LogP contribution in [0.2, 0.25) is 5.02 Å². The number of fused-ring (bicyclic) bond motifs is 1. The van der Waals surface area contributed by atoms with Crippen LogP contribution in [-0.2, 0) is 23.8 Å². The maximum Gasteiger partial charge on any atom is 0.433 e. The van der Waals surface area contributed by atoms with E-state index in [2.05, 4.69) is 20.5 Å². The number of hydrogen-bond donors (Lipinski definition) is 1. The summed E-state index contributed by atoms with van der Waals surface area (Å²) in [6.07, 6.45) is -4.54. The van der Waals surface area contributed by atoms with Gasteiger partial charge >= 0.3 is 6.18 Å². The first-order valence-electron chi connectivity index (χ1n) is 9.87. The van der Waals surface area contributed by atoms with E-state index in [9.17, 15) is 18.0 Å². The average molecular weight is 524 g/mol. The van der Waals surface area contributed by atoms with Gasteiger partial charge in [0.2, 0.25) is 5.91 Å². The van der Waals surface area contributed by atoms with Gasteiger partial charge in [-0.25, -0.2) is 4.98 Å². The minimum Gasteiger partial charge on any atom is -0.324 e. The standard InChI is InChI=1S/C22H17ClF3N5OS2/c1-31-19(29-30-21(31)34-12-20(32)28-16-9-5-3-7-14(16)23)11-33-17-10-18(22(24,25)26)27-15-8-4-2-6-13(15)17/h2-10H,11-12H2,1H3,(H,28,32). The third-order valence-corrected chi connectivity index (χ3v) is 7.13. The zero-order valence-corrected chi connectivity index (χ0v) is 20.0. The molecular formula is C22H17ClF3N5OS2. The number of benzene rings is 2. The lowest BCUT2D eigenvalue weighted by atomic mass is 10.2. The molecule has 1 amide bonds. The summed E-state index contributed by atoms with van der Waals surface area (Å²) >= 11 is 8.47. The molecule has 0 spiro atoms. The predicted octanol–water partition coefficient (Wildman–Crippen LogP) is 6.06. The highest BCUT2D eigenvalue weighted by atomic mass is 35.5. The highest BCUT2D eigenvalue weighted by molar-refractivity contribution is 7.99. The number of nitrogens with one attached hydrogen (secondary N) is 1. The molecule has 2 aromatic heterocycles. The van der Waals surface area contributed by atoms with E-state index in [-0.39, 0.29) is 17.2 Å². The van der Waals surface area contributed by atoms with Crippen molar-refractivity contribution < 1.29 is 18.0 Å². The number of rotatable bonds is 7. The number of carbonyl (C=O) groups is 1. The van der Waals surface area contributed by atoms with Gasteiger partial charge in [-0.05, 0) is 24.3 Å². The lowest BCUT2D eigenvalue weighted by Crippen LogP contribution is -2.14. The summed E-state index contributed by atoms with van der Waals surface area (Å²) in [5, 5.41) is 12.6. The lowest BCUT2D eigenvalue weighted by Gasteiger charge is -2.11. The van der Waals surface area contributed by atoms with Crippen molar-refractivity contribution >= 4 is 57.6 Å². The number of hydrogen-bond acceptors (Lipinski definition) is 6. The number of amides is 1. The quantitative estimate of drug-likeness (QED) is 0.297. The van der Waals surface area contributed by atoms with E-state index < -0.39 is 11.9 Å². The van der Waals surface area contributed by atoms with Crippen molar-refractivity contribution in [2.24, 2.45) is 7.05 Å². The van der Waals surface area contributed by atoms with Crippen LogP contribution in [0.5, 0.6) is 0 Å². The Bertz CT molecular complexity index is 1350. The first-order chi connectivity index (χ1) is 16.2. The van der Waals surface area contributed by atoms with Crippen molar-refractivity contribution in [1.82, 2.24) is 19.7 Å². The molecule has 2 aromatic carbocycles. The largest absolute Gasteiger partial charge is 0.433 e. The van der Waals surface area contributed by atoms with Crippen molar-refractivity contribution in [3.05, 3.63) is 71.1 Å². The third kappa shape index (κ3) is 5.65. The summed E-state index contributed by atoms with van der Waals surface area (Å²) < 4.78 is 41.6. The molecule has 4 aromatic rings. The highest BCUT2D eigenvalue weighted by Crippen LogP contribution is 2.36. The summed E-state index contributed by atoms with van der Waals surface area (Å²) in [5.74, 6) is 0.698. The maximum absolute atomic E-state index is 13.3. The van der Waals surface area contributed by atoms with E-state index in [4.69, 9.17) is 11.6 Å². The van der Waals surface area contributed by atoms with Crippen LogP contribution in [0.1, 0.15) is 11.5 Å². The molecule has 0 unspecified atom stereocenters.